The summed E-state index contributed by atoms with van der Waals surface area (Å²) < 4.78 is 50.0. The highest BCUT2D eigenvalue weighted by molar-refractivity contribution is 7.93. The summed E-state index contributed by atoms with van der Waals surface area (Å²) in [6.45, 7) is 5.24. The minimum Gasteiger partial charge on any atom is -0.443 e. The zero-order valence-corrected chi connectivity index (χ0v) is 13.1. The van der Waals surface area contributed by atoms with Crippen molar-refractivity contribution in [2.75, 3.05) is 6.61 Å². The van der Waals surface area contributed by atoms with Crippen LogP contribution in [0.4, 0.5) is 18.0 Å². The lowest BCUT2D eigenvalue weighted by atomic mass is 10.0. The molecule has 0 unspecified atom stereocenters. The number of nitrogens with zero attached hydrogens (tertiary/aromatic N) is 1. The molecule has 2 rings (SSSR count). The zero-order valence-electron chi connectivity index (χ0n) is 12.3. The van der Waals surface area contributed by atoms with E-state index in [1.165, 1.54) is 16.4 Å². The van der Waals surface area contributed by atoms with Crippen molar-refractivity contribution in [2.45, 2.75) is 38.6 Å². The highest BCUT2D eigenvalue weighted by atomic mass is 32.2. The van der Waals surface area contributed by atoms with Crippen molar-refractivity contribution in [3.8, 4) is 0 Å². The Morgan fingerprint density at radius 3 is 2.64 bits per heavy atom. The van der Waals surface area contributed by atoms with E-state index in [1.807, 2.05) is 0 Å². The van der Waals surface area contributed by atoms with Crippen molar-refractivity contribution >= 4 is 18.3 Å². The molecule has 0 saturated carbocycles. The highest BCUT2D eigenvalue weighted by Gasteiger charge is 2.37. The van der Waals surface area contributed by atoms with Gasteiger partial charge in [0, 0.05) is 0 Å². The monoisotopic (exact) mass is 335 g/mol. The average Bonchev–Trinajstić information content (AvgIpc) is 2.85. The van der Waals surface area contributed by atoms with Gasteiger partial charge < -0.3 is 4.74 Å². The lowest BCUT2D eigenvalue weighted by Crippen LogP contribution is -2.33. The molecule has 1 aliphatic rings. The summed E-state index contributed by atoms with van der Waals surface area (Å²) in [5.74, 6) is 0. The fraction of sp³-hybridized carbons (Fsp3) is 0.500. The van der Waals surface area contributed by atoms with Crippen LogP contribution in [0.1, 0.15) is 37.9 Å². The van der Waals surface area contributed by atoms with E-state index in [1.54, 1.807) is 20.8 Å². The van der Waals surface area contributed by atoms with Crippen molar-refractivity contribution in [3.63, 3.8) is 0 Å². The lowest BCUT2D eigenvalue weighted by molar-refractivity contribution is -0.137. The minimum atomic E-state index is -4.43. The van der Waals surface area contributed by atoms with E-state index in [-0.39, 0.29) is 6.61 Å². The second kappa shape index (κ2) is 6.00. The van der Waals surface area contributed by atoms with Crippen molar-refractivity contribution in [1.82, 2.24) is 4.31 Å². The first-order chi connectivity index (χ1) is 10.1. The maximum Gasteiger partial charge on any atom is 0.422 e. The Balaban J connectivity index is 2.22. The van der Waals surface area contributed by atoms with Crippen molar-refractivity contribution in [2.24, 2.45) is 0 Å². The van der Waals surface area contributed by atoms with E-state index < -0.39 is 29.5 Å². The molecule has 1 fully saturated rings. The maximum atomic E-state index is 12.8. The van der Waals surface area contributed by atoms with E-state index in [0.29, 0.717) is 5.56 Å². The third-order valence-electron chi connectivity index (χ3n) is 2.81. The van der Waals surface area contributed by atoms with Gasteiger partial charge >= 0.3 is 12.3 Å². The quantitative estimate of drug-likeness (QED) is 0.556. The van der Waals surface area contributed by atoms with E-state index in [2.05, 4.69) is 0 Å². The molecule has 8 heteroatoms. The van der Waals surface area contributed by atoms with E-state index in [0.717, 1.165) is 24.4 Å². The van der Waals surface area contributed by atoms with Crippen LogP contribution in [0.25, 0.3) is 0 Å². The van der Waals surface area contributed by atoms with Crippen LogP contribution < -0.4 is 0 Å². The summed E-state index contributed by atoms with van der Waals surface area (Å²) in [6.07, 6.45) is -5.07. The van der Waals surface area contributed by atoms with Crippen LogP contribution in [0.2, 0.25) is 0 Å². The number of carbonyl (C=O) groups is 1. The first kappa shape index (κ1) is 17.0. The van der Waals surface area contributed by atoms with Crippen LogP contribution in [0.5, 0.6) is 0 Å². The smallest absolute Gasteiger partial charge is 0.422 e. The summed E-state index contributed by atoms with van der Waals surface area (Å²) in [4.78, 5) is 12.1. The Morgan fingerprint density at radius 2 is 2.05 bits per heavy atom. The second-order valence-electron chi connectivity index (χ2n) is 5.80. The number of hydrogen-bond acceptors (Lipinski definition) is 4. The average molecular weight is 335 g/mol. The van der Waals surface area contributed by atoms with Crippen LogP contribution in [0.15, 0.2) is 24.3 Å². The SMILES string of the molecule is CC(C)(C)OC(=O)N1SOC[C@@H]1c1cccc(C(F)(F)F)c1. The van der Waals surface area contributed by atoms with Gasteiger partial charge in [0.1, 0.15) is 17.8 Å². The molecular weight excluding hydrogens is 319 g/mol. The number of rotatable bonds is 1. The van der Waals surface area contributed by atoms with Crippen LogP contribution >= 0.6 is 12.2 Å². The maximum absolute atomic E-state index is 12.8. The van der Waals surface area contributed by atoms with E-state index >= 15 is 0 Å². The number of benzene rings is 1. The molecule has 122 valence electrons. The Labute approximate surface area is 130 Å². The van der Waals surface area contributed by atoms with E-state index in [4.69, 9.17) is 8.92 Å². The van der Waals surface area contributed by atoms with Gasteiger partial charge in [0.05, 0.1) is 18.2 Å². The van der Waals surface area contributed by atoms with Gasteiger partial charge in [-0.2, -0.15) is 13.2 Å². The molecule has 0 spiro atoms. The predicted octanol–water partition coefficient (Wildman–Crippen LogP) is 4.58. The molecule has 0 radical (unpaired) electrons. The summed E-state index contributed by atoms with van der Waals surface area (Å²) in [7, 11) is 0. The van der Waals surface area contributed by atoms with Crippen LogP contribution in [-0.2, 0) is 15.1 Å². The number of ether oxygens (including phenoxy) is 1. The molecule has 0 aromatic heterocycles. The van der Waals surface area contributed by atoms with Gasteiger partial charge in [0.25, 0.3) is 0 Å². The Bertz CT molecular complexity index is 557. The first-order valence-electron chi connectivity index (χ1n) is 6.57. The third kappa shape index (κ3) is 4.07. The zero-order chi connectivity index (χ0) is 16.5. The number of carbonyl (C=O) groups excluding carboxylic acids is 1. The number of amides is 1. The number of halogens is 3. The van der Waals surface area contributed by atoms with Crippen LogP contribution in [0, 0.1) is 0 Å². The third-order valence-corrected chi connectivity index (χ3v) is 3.62. The Morgan fingerprint density at radius 1 is 1.36 bits per heavy atom. The van der Waals surface area contributed by atoms with Gasteiger partial charge in [-0.15, -0.1) is 0 Å². The van der Waals surface area contributed by atoms with E-state index in [9.17, 15) is 18.0 Å². The minimum absolute atomic E-state index is 0.102. The molecule has 1 aromatic carbocycles. The topological polar surface area (TPSA) is 38.8 Å². The van der Waals surface area contributed by atoms with Gasteiger partial charge in [-0.1, -0.05) is 12.1 Å². The van der Waals surface area contributed by atoms with Crippen molar-refractivity contribution in [1.29, 1.82) is 0 Å². The molecule has 0 aliphatic carbocycles. The molecule has 4 nitrogen and oxygen atoms in total. The summed E-state index contributed by atoms with van der Waals surface area (Å²) in [5, 5.41) is 0. The highest BCUT2D eigenvalue weighted by Crippen LogP contribution is 2.39. The Kier molecular flexibility index (Phi) is 4.62. The molecule has 1 saturated heterocycles. The molecule has 0 N–H and O–H groups in total. The predicted molar refractivity (Wildman–Crippen MR) is 75.8 cm³/mol. The van der Waals surface area contributed by atoms with Gasteiger partial charge in [0.15, 0.2) is 0 Å². The fourth-order valence-electron chi connectivity index (χ4n) is 1.89. The first-order valence-corrected chi connectivity index (χ1v) is 7.27. The molecule has 1 atom stereocenters. The molecule has 1 heterocycles. The van der Waals surface area contributed by atoms with Crippen LogP contribution in [0.3, 0.4) is 0 Å². The second-order valence-corrected chi connectivity index (χ2v) is 6.58. The van der Waals surface area contributed by atoms with Crippen molar-refractivity contribution < 1.29 is 26.9 Å². The molecule has 1 aliphatic heterocycles. The molecule has 1 amide bonds. The molecule has 1 aromatic rings. The summed E-state index contributed by atoms with van der Waals surface area (Å²) in [6, 6.07) is 4.24. The number of hydrogen-bond donors (Lipinski definition) is 0. The van der Waals surface area contributed by atoms with Gasteiger partial charge in [0.2, 0.25) is 0 Å². The normalized spacial score (nSPS) is 19.4. The van der Waals surface area contributed by atoms with Crippen LogP contribution in [-0.4, -0.2) is 22.6 Å². The standard InChI is InChI=1S/C14H16F3NO3S/c1-13(2,3)21-12(19)18-11(8-20-22-18)9-5-4-6-10(7-9)14(15,16)17/h4-7,11H,8H2,1-3H3/t11-/m1/s1. The van der Waals surface area contributed by atoms with Gasteiger partial charge in [-0.05, 0) is 38.5 Å². The molecular formula is C14H16F3NO3S. The Hall–Kier alpha value is -1.41. The fourth-order valence-corrected chi connectivity index (χ4v) is 2.58. The molecule has 0 bridgehead atoms. The summed E-state index contributed by atoms with van der Waals surface area (Å²) in [5.41, 5.74) is -1.10. The molecule has 22 heavy (non-hydrogen) atoms. The largest absolute Gasteiger partial charge is 0.443 e. The van der Waals surface area contributed by atoms with Gasteiger partial charge in [-0.25, -0.2) is 9.10 Å². The summed E-state index contributed by atoms with van der Waals surface area (Å²) >= 11 is 0.785. The number of alkyl halides is 3. The van der Waals surface area contributed by atoms with Gasteiger partial charge in [-0.3, -0.25) is 4.18 Å². The lowest BCUT2D eigenvalue weighted by Gasteiger charge is -2.26. The van der Waals surface area contributed by atoms with Crippen molar-refractivity contribution in [3.05, 3.63) is 35.4 Å².